The first-order chi connectivity index (χ1) is 8.56. The Bertz CT molecular complexity index is 420. The number of carbonyl (C=O) groups is 2. The van der Waals surface area contributed by atoms with E-state index in [0.29, 0.717) is 0 Å². The van der Waals surface area contributed by atoms with Crippen molar-refractivity contribution in [2.45, 2.75) is 17.1 Å². The molecule has 1 atom stereocenters. The molecular formula is C12H16N2O3S. The lowest BCUT2D eigenvalue weighted by Crippen LogP contribution is -2.41. The van der Waals surface area contributed by atoms with Crippen LogP contribution in [-0.2, 0) is 4.79 Å². The highest BCUT2D eigenvalue weighted by Crippen LogP contribution is 2.25. The Morgan fingerprint density at radius 1 is 1.28 bits per heavy atom. The van der Waals surface area contributed by atoms with Crippen molar-refractivity contribution in [3.05, 3.63) is 24.3 Å². The number of hydrogen-bond acceptors (Lipinski definition) is 4. The van der Waals surface area contributed by atoms with Gasteiger partial charge in [0.25, 0.3) is 0 Å². The van der Waals surface area contributed by atoms with Gasteiger partial charge in [0.2, 0.25) is 5.91 Å². The Hall–Kier alpha value is -1.69. The van der Waals surface area contributed by atoms with Gasteiger partial charge in [-0.1, -0.05) is 0 Å². The number of ether oxygens (including phenoxy) is 1. The molecule has 0 aliphatic heterocycles. The molecule has 3 amide bonds. The van der Waals surface area contributed by atoms with Crippen LogP contribution < -0.4 is 15.4 Å². The van der Waals surface area contributed by atoms with Crippen LogP contribution in [0, 0.1) is 0 Å². The summed E-state index contributed by atoms with van der Waals surface area (Å²) in [6.45, 7) is 1.74. The van der Waals surface area contributed by atoms with Crippen LogP contribution in [0.4, 0.5) is 4.79 Å². The quantitative estimate of drug-likeness (QED) is 0.814. The molecule has 0 saturated carbocycles. The molecule has 6 heteroatoms. The number of imide groups is 1. The molecule has 0 saturated heterocycles. The molecule has 0 bridgehead atoms. The predicted molar refractivity (Wildman–Crippen MR) is 70.9 cm³/mol. The Morgan fingerprint density at radius 3 is 2.39 bits per heavy atom. The van der Waals surface area contributed by atoms with Crippen LogP contribution in [0.15, 0.2) is 29.2 Å². The third kappa shape index (κ3) is 4.29. The monoisotopic (exact) mass is 268 g/mol. The second-order valence-corrected chi connectivity index (χ2v) is 4.92. The molecule has 0 aromatic heterocycles. The third-order valence-corrected chi connectivity index (χ3v) is 3.32. The summed E-state index contributed by atoms with van der Waals surface area (Å²) in [6.07, 6.45) is 0. The second kappa shape index (κ2) is 6.90. The number of thioether (sulfide) groups is 1. The molecule has 0 unspecified atom stereocenters. The van der Waals surface area contributed by atoms with E-state index in [9.17, 15) is 9.59 Å². The van der Waals surface area contributed by atoms with Gasteiger partial charge >= 0.3 is 6.03 Å². The molecule has 0 spiro atoms. The van der Waals surface area contributed by atoms with Crippen molar-refractivity contribution in [2.24, 2.45) is 0 Å². The normalized spacial score (nSPS) is 11.5. The minimum absolute atomic E-state index is 0.324. The van der Waals surface area contributed by atoms with Crippen LogP contribution in [-0.4, -0.2) is 31.3 Å². The highest BCUT2D eigenvalue weighted by molar-refractivity contribution is 8.00. The van der Waals surface area contributed by atoms with Crippen molar-refractivity contribution in [1.82, 2.24) is 10.6 Å². The highest BCUT2D eigenvalue weighted by atomic mass is 32.2. The third-order valence-electron chi connectivity index (χ3n) is 2.21. The second-order valence-electron chi connectivity index (χ2n) is 3.50. The van der Waals surface area contributed by atoms with Gasteiger partial charge in [0.05, 0.1) is 12.4 Å². The number of nitrogens with one attached hydrogen (secondary N) is 2. The number of urea groups is 1. The molecule has 0 aliphatic rings. The van der Waals surface area contributed by atoms with Crippen LogP contribution in [0.1, 0.15) is 6.92 Å². The predicted octanol–water partition coefficient (Wildman–Crippen LogP) is 1.63. The van der Waals surface area contributed by atoms with Gasteiger partial charge in [-0.3, -0.25) is 10.1 Å². The molecule has 18 heavy (non-hydrogen) atoms. The van der Waals surface area contributed by atoms with E-state index in [1.807, 2.05) is 24.3 Å². The Kier molecular flexibility index (Phi) is 5.51. The Balaban J connectivity index is 2.55. The van der Waals surface area contributed by atoms with Crippen LogP contribution >= 0.6 is 11.8 Å². The van der Waals surface area contributed by atoms with Crippen molar-refractivity contribution in [1.29, 1.82) is 0 Å². The summed E-state index contributed by atoms with van der Waals surface area (Å²) in [5.74, 6) is 0.442. The SMILES string of the molecule is CNC(=O)NC(=O)[C@@H](C)Sc1ccc(OC)cc1. The first kappa shape index (κ1) is 14.4. The lowest BCUT2D eigenvalue weighted by atomic mass is 10.3. The molecule has 1 aromatic rings. The lowest BCUT2D eigenvalue weighted by Gasteiger charge is -2.11. The number of carbonyl (C=O) groups excluding carboxylic acids is 2. The highest BCUT2D eigenvalue weighted by Gasteiger charge is 2.16. The topological polar surface area (TPSA) is 67.4 Å². The first-order valence-electron chi connectivity index (χ1n) is 5.40. The fraction of sp³-hybridized carbons (Fsp3) is 0.333. The number of rotatable bonds is 4. The molecule has 2 N–H and O–H groups in total. The van der Waals surface area contributed by atoms with Crippen molar-refractivity contribution >= 4 is 23.7 Å². The van der Waals surface area contributed by atoms with E-state index in [1.54, 1.807) is 14.0 Å². The summed E-state index contributed by atoms with van der Waals surface area (Å²) in [5, 5.41) is 4.22. The smallest absolute Gasteiger partial charge is 0.321 e. The first-order valence-corrected chi connectivity index (χ1v) is 6.28. The van der Waals surface area contributed by atoms with Crippen molar-refractivity contribution in [2.75, 3.05) is 14.2 Å². The number of amides is 3. The fourth-order valence-electron chi connectivity index (χ4n) is 1.19. The largest absolute Gasteiger partial charge is 0.497 e. The molecular weight excluding hydrogens is 252 g/mol. The van der Waals surface area contributed by atoms with E-state index in [2.05, 4.69) is 10.6 Å². The minimum atomic E-state index is -0.498. The molecule has 5 nitrogen and oxygen atoms in total. The maximum Gasteiger partial charge on any atom is 0.321 e. The van der Waals surface area contributed by atoms with E-state index in [0.717, 1.165) is 10.6 Å². The molecule has 0 heterocycles. The van der Waals surface area contributed by atoms with E-state index in [4.69, 9.17) is 4.74 Å². The van der Waals surface area contributed by atoms with E-state index >= 15 is 0 Å². The number of hydrogen-bond donors (Lipinski definition) is 2. The summed E-state index contributed by atoms with van der Waals surface area (Å²) in [4.78, 5) is 23.6. The van der Waals surface area contributed by atoms with Crippen LogP contribution in [0.25, 0.3) is 0 Å². The van der Waals surface area contributed by atoms with E-state index in [1.165, 1.54) is 18.8 Å². The average molecular weight is 268 g/mol. The van der Waals surface area contributed by atoms with Gasteiger partial charge in [0.15, 0.2) is 0 Å². The lowest BCUT2D eigenvalue weighted by molar-refractivity contribution is -0.119. The van der Waals surface area contributed by atoms with Crippen LogP contribution in [0.2, 0.25) is 0 Å². The van der Waals surface area contributed by atoms with Gasteiger partial charge in [-0.2, -0.15) is 0 Å². The molecule has 0 fully saturated rings. The van der Waals surface area contributed by atoms with Crippen LogP contribution in [0.5, 0.6) is 5.75 Å². The van der Waals surface area contributed by atoms with Crippen molar-refractivity contribution < 1.29 is 14.3 Å². The Labute approximate surface area is 110 Å². The zero-order chi connectivity index (χ0) is 13.5. The van der Waals surface area contributed by atoms with Crippen molar-refractivity contribution in [3.63, 3.8) is 0 Å². The van der Waals surface area contributed by atoms with Crippen molar-refractivity contribution in [3.8, 4) is 5.75 Å². The zero-order valence-electron chi connectivity index (χ0n) is 10.5. The van der Waals surface area contributed by atoms with E-state index in [-0.39, 0.29) is 11.2 Å². The number of methoxy groups -OCH3 is 1. The summed E-state index contributed by atoms with van der Waals surface area (Å²) < 4.78 is 5.05. The molecule has 1 aromatic carbocycles. The number of benzene rings is 1. The summed E-state index contributed by atoms with van der Waals surface area (Å²) in [5.41, 5.74) is 0. The summed E-state index contributed by atoms with van der Waals surface area (Å²) in [6, 6.07) is 6.89. The van der Waals surface area contributed by atoms with E-state index < -0.39 is 6.03 Å². The molecule has 98 valence electrons. The maximum absolute atomic E-state index is 11.6. The molecule has 0 radical (unpaired) electrons. The summed E-state index contributed by atoms with van der Waals surface area (Å²) in [7, 11) is 3.06. The molecule has 1 rings (SSSR count). The van der Waals surface area contributed by atoms with Gasteiger partial charge in [-0.15, -0.1) is 11.8 Å². The average Bonchev–Trinajstić information content (AvgIpc) is 2.39. The van der Waals surface area contributed by atoms with Gasteiger partial charge in [-0.05, 0) is 31.2 Å². The van der Waals surface area contributed by atoms with Crippen LogP contribution in [0.3, 0.4) is 0 Å². The maximum atomic E-state index is 11.6. The van der Waals surface area contributed by atoms with Gasteiger partial charge in [0, 0.05) is 11.9 Å². The summed E-state index contributed by atoms with van der Waals surface area (Å²) >= 11 is 1.38. The van der Waals surface area contributed by atoms with Gasteiger partial charge in [0.1, 0.15) is 5.75 Å². The minimum Gasteiger partial charge on any atom is -0.497 e. The Morgan fingerprint density at radius 2 is 1.89 bits per heavy atom. The fourth-order valence-corrected chi connectivity index (χ4v) is 2.06. The standard InChI is InChI=1S/C12H16N2O3S/c1-8(11(15)14-12(16)13-2)18-10-6-4-9(17-3)5-7-10/h4-8H,1-3H3,(H2,13,14,15,16)/t8-/m1/s1. The zero-order valence-corrected chi connectivity index (χ0v) is 11.3. The van der Waals surface area contributed by atoms with Gasteiger partial charge < -0.3 is 10.1 Å². The molecule has 0 aliphatic carbocycles. The van der Waals surface area contributed by atoms with Gasteiger partial charge in [-0.25, -0.2) is 4.79 Å².